The Morgan fingerprint density at radius 1 is 1.52 bits per heavy atom. The lowest BCUT2D eigenvalue weighted by Crippen LogP contribution is -2.12. The van der Waals surface area contributed by atoms with Crippen molar-refractivity contribution in [2.24, 2.45) is 0 Å². The topological polar surface area (TPSA) is 89.3 Å². The molecule has 8 heteroatoms. The minimum absolute atomic E-state index is 0.0742. The molecule has 0 radical (unpaired) electrons. The number of nitrogens with zero attached hydrogens (tertiary/aromatic N) is 3. The van der Waals surface area contributed by atoms with E-state index in [9.17, 15) is 4.79 Å². The van der Waals surface area contributed by atoms with E-state index in [1.165, 1.54) is 10.9 Å². The van der Waals surface area contributed by atoms with Crippen molar-refractivity contribution in [3.8, 4) is 5.75 Å². The number of rotatable bonds is 6. The summed E-state index contributed by atoms with van der Waals surface area (Å²) in [6, 6.07) is 3.64. The maximum atomic E-state index is 10.7. The quantitative estimate of drug-likeness (QED) is 0.849. The van der Waals surface area contributed by atoms with Crippen molar-refractivity contribution >= 4 is 23.3 Å². The number of carbonyl (C=O) groups is 1. The molecular formula is C13H15ClN4O3. The summed E-state index contributed by atoms with van der Waals surface area (Å²) in [4.78, 5) is 10.7. The average Bonchev–Trinajstić information content (AvgIpc) is 2.91. The summed E-state index contributed by atoms with van der Waals surface area (Å²) in [6.45, 7) is 2.93. The molecule has 0 spiro atoms. The average molecular weight is 311 g/mol. The molecule has 7 nitrogen and oxygen atoms in total. The Bertz CT molecular complexity index is 657. The molecule has 21 heavy (non-hydrogen) atoms. The number of ether oxygens (including phenoxy) is 1. The third-order valence-electron chi connectivity index (χ3n) is 2.89. The molecule has 112 valence electrons. The molecule has 1 heterocycles. The Morgan fingerprint density at radius 2 is 2.29 bits per heavy atom. The van der Waals surface area contributed by atoms with Crippen molar-refractivity contribution in [2.75, 3.05) is 19.0 Å². The molecule has 2 rings (SSSR count). The van der Waals surface area contributed by atoms with E-state index in [1.54, 1.807) is 13.2 Å². The van der Waals surface area contributed by atoms with Gasteiger partial charge >= 0.3 is 5.97 Å². The molecular weight excluding hydrogens is 296 g/mol. The van der Waals surface area contributed by atoms with Crippen molar-refractivity contribution in [3.63, 3.8) is 0 Å². The molecule has 1 aromatic carbocycles. The maximum absolute atomic E-state index is 10.7. The van der Waals surface area contributed by atoms with E-state index in [1.807, 2.05) is 13.0 Å². The SMILES string of the molecule is COc1cc(Cl)c(C)cc1NCCn1cc(C(=O)O)nn1. The van der Waals surface area contributed by atoms with Gasteiger partial charge in [-0.25, -0.2) is 9.48 Å². The van der Waals surface area contributed by atoms with Crippen LogP contribution in [0.25, 0.3) is 0 Å². The predicted octanol–water partition coefficient (Wildman–Crippen LogP) is 2.06. The number of hydrogen-bond acceptors (Lipinski definition) is 5. The number of halogens is 1. The molecule has 0 amide bonds. The summed E-state index contributed by atoms with van der Waals surface area (Å²) in [6.07, 6.45) is 1.38. The third kappa shape index (κ3) is 3.63. The van der Waals surface area contributed by atoms with Crippen LogP contribution in [-0.4, -0.2) is 39.7 Å². The van der Waals surface area contributed by atoms with Crippen molar-refractivity contribution < 1.29 is 14.6 Å². The molecule has 0 atom stereocenters. The van der Waals surface area contributed by atoms with Gasteiger partial charge < -0.3 is 15.2 Å². The maximum Gasteiger partial charge on any atom is 0.358 e. The Hall–Kier alpha value is -2.28. The first-order valence-electron chi connectivity index (χ1n) is 6.22. The predicted molar refractivity (Wildman–Crippen MR) is 78.2 cm³/mol. The fourth-order valence-corrected chi connectivity index (χ4v) is 1.93. The van der Waals surface area contributed by atoms with Gasteiger partial charge in [0.25, 0.3) is 0 Å². The lowest BCUT2D eigenvalue weighted by molar-refractivity contribution is 0.0690. The van der Waals surface area contributed by atoms with Crippen LogP contribution in [0.15, 0.2) is 18.3 Å². The minimum atomic E-state index is -1.09. The molecule has 2 aromatic rings. The van der Waals surface area contributed by atoms with Crippen LogP contribution < -0.4 is 10.1 Å². The second-order valence-electron chi connectivity index (χ2n) is 4.40. The van der Waals surface area contributed by atoms with Gasteiger partial charge in [0.1, 0.15) is 5.75 Å². The number of methoxy groups -OCH3 is 1. The monoisotopic (exact) mass is 310 g/mol. The van der Waals surface area contributed by atoms with Crippen LogP contribution in [0.1, 0.15) is 16.1 Å². The fraction of sp³-hybridized carbons (Fsp3) is 0.308. The van der Waals surface area contributed by atoms with Gasteiger partial charge in [-0.05, 0) is 18.6 Å². The highest BCUT2D eigenvalue weighted by Gasteiger charge is 2.09. The second kappa shape index (κ2) is 6.45. The van der Waals surface area contributed by atoms with E-state index in [4.69, 9.17) is 21.4 Å². The first kappa shape index (κ1) is 15.1. The second-order valence-corrected chi connectivity index (χ2v) is 4.81. The highest BCUT2D eigenvalue weighted by molar-refractivity contribution is 6.31. The van der Waals surface area contributed by atoms with Crippen molar-refractivity contribution in [2.45, 2.75) is 13.5 Å². The molecule has 2 N–H and O–H groups in total. The van der Waals surface area contributed by atoms with Gasteiger partial charge in [-0.15, -0.1) is 5.10 Å². The van der Waals surface area contributed by atoms with Crippen molar-refractivity contribution in [1.82, 2.24) is 15.0 Å². The molecule has 0 unspecified atom stereocenters. The number of anilines is 1. The first-order valence-corrected chi connectivity index (χ1v) is 6.60. The standard InChI is InChI=1S/C13H15ClN4O3/c1-8-5-10(12(21-2)6-9(8)14)15-3-4-18-7-11(13(19)20)16-17-18/h5-7,15H,3-4H2,1-2H3,(H,19,20). The van der Waals surface area contributed by atoms with Crippen LogP contribution in [0.4, 0.5) is 5.69 Å². The van der Waals surface area contributed by atoms with Crippen molar-refractivity contribution in [1.29, 1.82) is 0 Å². The summed E-state index contributed by atoms with van der Waals surface area (Å²) in [5.74, 6) is -0.445. The number of aromatic nitrogens is 3. The largest absolute Gasteiger partial charge is 0.495 e. The lowest BCUT2D eigenvalue weighted by Gasteiger charge is -2.13. The lowest BCUT2D eigenvalue weighted by atomic mass is 10.2. The van der Waals surface area contributed by atoms with E-state index < -0.39 is 5.97 Å². The normalized spacial score (nSPS) is 10.4. The highest BCUT2D eigenvalue weighted by atomic mass is 35.5. The molecule has 0 aliphatic rings. The van der Waals surface area contributed by atoms with Gasteiger partial charge in [0.05, 0.1) is 25.5 Å². The molecule has 0 bridgehead atoms. The Labute approximate surface area is 126 Å². The summed E-state index contributed by atoms with van der Waals surface area (Å²) >= 11 is 6.04. The molecule has 1 aromatic heterocycles. The van der Waals surface area contributed by atoms with Gasteiger partial charge in [-0.1, -0.05) is 16.8 Å². The van der Waals surface area contributed by atoms with Crippen LogP contribution in [0.3, 0.4) is 0 Å². The van der Waals surface area contributed by atoms with Crippen LogP contribution in [0, 0.1) is 6.92 Å². The van der Waals surface area contributed by atoms with E-state index in [2.05, 4.69) is 15.6 Å². The summed E-state index contributed by atoms with van der Waals surface area (Å²) in [7, 11) is 1.57. The van der Waals surface area contributed by atoms with Crippen LogP contribution in [0.2, 0.25) is 5.02 Å². The zero-order valence-corrected chi connectivity index (χ0v) is 12.4. The van der Waals surface area contributed by atoms with Gasteiger partial charge in [0, 0.05) is 17.6 Å². The minimum Gasteiger partial charge on any atom is -0.495 e. The number of nitrogens with one attached hydrogen (secondary N) is 1. The zero-order chi connectivity index (χ0) is 15.4. The van der Waals surface area contributed by atoms with Crippen LogP contribution in [-0.2, 0) is 6.54 Å². The highest BCUT2D eigenvalue weighted by Crippen LogP contribution is 2.30. The van der Waals surface area contributed by atoms with E-state index >= 15 is 0 Å². The zero-order valence-electron chi connectivity index (χ0n) is 11.6. The van der Waals surface area contributed by atoms with Crippen LogP contribution >= 0.6 is 11.6 Å². The third-order valence-corrected chi connectivity index (χ3v) is 3.30. The number of aryl methyl sites for hydroxylation is 1. The molecule has 0 saturated carbocycles. The molecule has 0 aliphatic carbocycles. The number of carboxylic acids is 1. The van der Waals surface area contributed by atoms with Crippen LogP contribution in [0.5, 0.6) is 5.75 Å². The Kier molecular flexibility index (Phi) is 4.64. The van der Waals surface area contributed by atoms with Gasteiger partial charge in [-0.3, -0.25) is 0 Å². The first-order chi connectivity index (χ1) is 10.0. The van der Waals surface area contributed by atoms with Gasteiger partial charge in [0.15, 0.2) is 5.69 Å². The fourth-order valence-electron chi connectivity index (χ4n) is 1.78. The van der Waals surface area contributed by atoms with E-state index in [0.717, 1.165) is 11.3 Å². The van der Waals surface area contributed by atoms with Gasteiger partial charge in [0.2, 0.25) is 0 Å². The summed E-state index contributed by atoms with van der Waals surface area (Å²) in [5.41, 5.74) is 1.68. The van der Waals surface area contributed by atoms with Crippen molar-refractivity contribution in [3.05, 3.63) is 34.6 Å². The number of carboxylic acid groups (broad SMARTS) is 1. The number of aromatic carboxylic acids is 1. The molecule has 0 aliphatic heterocycles. The smallest absolute Gasteiger partial charge is 0.358 e. The Morgan fingerprint density at radius 3 is 2.90 bits per heavy atom. The molecule has 0 fully saturated rings. The number of benzene rings is 1. The van der Waals surface area contributed by atoms with E-state index in [-0.39, 0.29) is 5.69 Å². The Balaban J connectivity index is 1.99. The number of hydrogen-bond donors (Lipinski definition) is 2. The summed E-state index contributed by atoms with van der Waals surface area (Å²) < 4.78 is 6.72. The summed E-state index contributed by atoms with van der Waals surface area (Å²) in [5, 5.41) is 19.9. The van der Waals surface area contributed by atoms with Gasteiger partial charge in [-0.2, -0.15) is 0 Å². The van der Waals surface area contributed by atoms with E-state index in [0.29, 0.717) is 23.9 Å². The molecule has 0 saturated heterocycles.